The van der Waals surface area contributed by atoms with Crippen LogP contribution in [-0.4, -0.2) is 29.1 Å². The van der Waals surface area contributed by atoms with E-state index in [2.05, 4.69) is 15.2 Å². The van der Waals surface area contributed by atoms with Gasteiger partial charge in [-0.25, -0.2) is 9.35 Å². The lowest BCUT2D eigenvalue weighted by molar-refractivity contribution is 0.595. The lowest BCUT2D eigenvalue weighted by atomic mass is 10.1. The molecule has 31 heavy (non-hydrogen) atoms. The average Bonchev–Trinajstić information content (AvgIpc) is 3.08. The number of nitrogens with zero attached hydrogens (tertiary/aromatic N) is 6. The van der Waals surface area contributed by atoms with Gasteiger partial charge in [-0.15, -0.1) is 10.2 Å². The Hall–Kier alpha value is -4.07. The normalized spacial score (nSPS) is 11.5. The minimum atomic E-state index is -0.293. The number of benzene rings is 1. The van der Waals surface area contributed by atoms with Gasteiger partial charge < -0.3 is 0 Å². The molecular formula is C23H20N6O2. The van der Waals surface area contributed by atoms with Crippen molar-refractivity contribution in [3.05, 3.63) is 92.4 Å². The minimum Gasteiger partial charge on any atom is -0.284 e. The second-order valence-corrected chi connectivity index (χ2v) is 7.68. The first-order valence-electron chi connectivity index (χ1n) is 9.89. The summed E-state index contributed by atoms with van der Waals surface area (Å²) in [5.74, 6) is 1.18. The van der Waals surface area contributed by atoms with Crippen LogP contribution < -0.4 is 11.1 Å². The zero-order valence-corrected chi connectivity index (χ0v) is 17.6. The summed E-state index contributed by atoms with van der Waals surface area (Å²) in [5, 5.41) is 9.38. The molecule has 1 aromatic carbocycles. The van der Waals surface area contributed by atoms with Gasteiger partial charge in [0.25, 0.3) is 11.1 Å². The molecule has 0 bridgehead atoms. The number of rotatable bonds is 2. The number of pyridine rings is 3. The number of aromatic nitrogens is 6. The zero-order chi connectivity index (χ0) is 21.9. The van der Waals surface area contributed by atoms with Gasteiger partial charge in [-0.05, 0) is 63.1 Å². The summed E-state index contributed by atoms with van der Waals surface area (Å²) >= 11 is 0. The van der Waals surface area contributed by atoms with Crippen LogP contribution in [0.5, 0.6) is 0 Å². The Bertz CT molecular complexity index is 1600. The maximum absolute atomic E-state index is 13.5. The van der Waals surface area contributed by atoms with Gasteiger partial charge in [-0.1, -0.05) is 6.07 Å². The van der Waals surface area contributed by atoms with Crippen molar-refractivity contribution in [3.63, 3.8) is 0 Å². The van der Waals surface area contributed by atoms with Gasteiger partial charge in [-0.2, -0.15) is 0 Å². The van der Waals surface area contributed by atoms with E-state index in [-0.39, 0.29) is 11.1 Å². The predicted octanol–water partition coefficient (Wildman–Crippen LogP) is 2.84. The van der Waals surface area contributed by atoms with Crippen molar-refractivity contribution in [2.24, 2.45) is 0 Å². The van der Waals surface area contributed by atoms with E-state index >= 15 is 0 Å². The second-order valence-electron chi connectivity index (χ2n) is 7.68. The molecule has 0 N–H and O–H groups in total. The molecule has 4 heterocycles. The molecule has 4 aromatic heterocycles. The number of fused-ring (bicyclic) bond motifs is 3. The van der Waals surface area contributed by atoms with E-state index in [0.717, 1.165) is 16.8 Å². The van der Waals surface area contributed by atoms with E-state index in [1.165, 1.54) is 10.9 Å². The van der Waals surface area contributed by atoms with Crippen molar-refractivity contribution in [3.8, 4) is 5.69 Å². The van der Waals surface area contributed by atoms with Crippen LogP contribution in [0.3, 0.4) is 0 Å². The van der Waals surface area contributed by atoms with Crippen LogP contribution in [0.1, 0.15) is 22.8 Å². The van der Waals surface area contributed by atoms with Crippen LogP contribution in [0.15, 0.2) is 58.5 Å². The van der Waals surface area contributed by atoms with Crippen molar-refractivity contribution in [2.45, 2.75) is 27.7 Å². The first-order chi connectivity index (χ1) is 14.9. The van der Waals surface area contributed by atoms with Gasteiger partial charge in [0.1, 0.15) is 11.6 Å². The minimum absolute atomic E-state index is 0.215. The van der Waals surface area contributed by atoms with Gasteiger partial charge in [-0.3, -0.25) is 19.1 Å². The highest BCUT2D eigenvalue weighted by Crippen LogP contribution is 2.20. The third kappa shape index (κ3) is 2.79. The molecule has 0 aliphatic rings. The molecule has 0 saturated carbocycles. The zero-order valence-electron chi connectivity index (χ0n) is 17.6. The van der Waals surface area contributed by atoms with Gasteiger partial charge in [0.2, 0.25) is 0 Å². The van der Waals surface area contributed by atoms with E-state index in [0.29, 0.717) is 33.3 Å². The molecule has 0 aliphatic carbocycles. The maximum Gasteiger partial charge on any atom is 0.279 e. The fraction of sp³-hybridized carbons (Fsp3) is 0.174. The first kappa shape index (κ1) is 18.9. The molecule has 0 unspecified atom stereocenters. The topological polar surface area (TPSA) is 87.6 Å². The van der Waals surface area contributed by atoms with E-state index < -0.39 is 0 Å². The van der Waals surface area contributed by atoms with Crippen molar-refractivity contribution in [2.75, 3.05) is 0 Å². The fourth-order valence-corrected chi connectivity index (χ4v) is 3.92. The monoisotopic (exact) mass is 412 g/mol. The van der Waals surface area contributed by atoms with Crippen molar-refractivity contribution >= 4 is 21.7 Å². The van der Waals surface area contributed by atoms with Crippen molar-refractivity contribution < 1.29 is 0 Å². The number of aryl methyl sites for hydroxylation is 4. The smallest absolute Gasteiger partial charge is 0.279 e. The van der Waals surface area contributed by atoms with E-state index in [9.17, 15) is 9.59 Å². The largest absolute Gasteiger partial charge is 0.284 e. The van der Waals surface area contributed by atoms with E-state index in [1.807, 2.05) is 32.0 Å². The van der Waals surface area contributed by atoms with E-state index in [1.54, 1.807) is 47.6 Å². The Balaban J connectivity index is 1.82. The molecule has 0 spiro atoms. The SMILES string of the molecule is Cc1ccc(-n2ccc3ncc4c(=O)n(-n5c(C)nnc5C)ccc4c3c2=O)cc1C. The van der Waals surface area contributed by atoms with Crippen LogP contribution in [0.2, 0.25) is 0 Å². The predicted molar refractivity (Wildman–Crippen MR) is 119 cm³/mol. The summed E-state index contributed by atoms with van der Waals surface area (Å²) in [6.07, 6.45) is 4.88. The molecular weight excluding hydrogens is 392 g/mol. The van der Waals surface area contributed by atoms with Crippen LogP contribution >= 0.6 is 0 Å². The van der Waals surface area contributed by atoms with E-state index in [4.69, 9.17) is 0 Å². The standard InChI is InChI=1S/C23H20N6O2/c1-13-5-6-17(11-14(13)2)27-9-8-20-21(23(27)31)18-7-10-28(22(30)19(18)12-24-20)29-15(3)25-26-16(29)4/h5-12H,1-4H3. The summed E-state index contributed by atoms with van der Waals surface area (Å²) in [5.41, 5.74) is 3.07. The van der Waals surface area contributed by atoms with Crippen LogP contribution in [-0.2, 0) is 0 Å². The Morgan fingerprint density at radius 3 is 2.23 bits per heavy atom. The summed E-state index contributed by atoms with van der Waals surface area (Å²) < 4.78 is 4.66. The van der Waals surface area contributed by atoms with Crippen LogP contribution in [0.25, 0.3) is 27.4 Å². The quantitative estimate of drug-likeness (QED) is 0.416. The lowest BCUT2D eigenvalue weighted by Gasteiger charge is -2.13. The Morgan fingerprint density at radius 2 is 1.52 bits per heavy atom. The number of hydrogen-bond acceptors (Lipinski definition) is 5. The summed E-state index contributed by atoms with van der Waals surface area (Å²) in [6, 6.07) is 9.45. The van der Waals surface area contributed by atoms with Crippen LogP contribution in [0, 0.1) is 27.7 Å². The summed E-state index contributed by atoms with van der Waals surface area (Å²) in [6.45, 7) is 7.60. The fourth-order valence-electron chi connectivity index (χ4n) is 3.92. The van der Waals surface area contributed by atoms with Gasteiger partial charge in [0.05, 0.1) is 16.3 Å². The molecule has 8 heteroatoms. The first-order valence-corrected chi connectivity index (χ1v) is 9.89. The van der Waals surface area contributed by atoms with Crippen molar-refractivity contribution in [1.29, 1.82) is 0 Å². The Morgan fingerprint density at radius 1 is 0.774 bits per heavy atom. The third-order valence-corrected chi connectivity index (χ3v) is 5.72. The summed E-state index contributed by atoms with van der Waals surface area (Å²) in [4.78, 5) is 31.1. The highest BCUT2D eigenvalue weighted by molar-refractivity contribution is 6.04. The van der Waals surface area contributed by atoms with Crippen molar-refractivity contribution in [1.82, 2.24) is 29.1 Å². The molecule has 0 atom stereocenters. The number of hydrogen-bond donors (Lipinski definition) is 0. The molecule has 0 amide bonds. The van der Waals surface area contributed by atoms with Gasteiger partial charge in [0.15, 0.2) is 0 Å². The highest BCUT2D eigenvalue weighted by atomic mass is 16.1. The molecule has 0 fully saturated rings. The van der Waals surface area contributed by atoms with Gasteiger partial charge in [0, 0.05) is 29.7 Å². The Kier molecular flexibility index (Phi) is 4.11. The Labute approximate surface area is 177 Å². The molecule has 0 radical (unpaired) electrons. The van der Waals surface area contributed by atoms with Gasteiger partial charge >= 0.3 is 0 Å². The average molecular weight is 412 g/mol. The molecule has 0 aliphatic heterocycles. The molecule has 5 aromatic rings. The molecule has 0 saturated heterocycles. The molecule has 154 valence electrons. The van der Waals surface area contributed by atoms with Crippen LogP contribution in [0.4, 0.5) is 0 Å². The summed E-state index contributed by atoms with van der Waals surface area (Å²) in [7, 11) is 0. The maximum atomic E-state index is 13.5. The highest BCUT2D eigenvalue weighted by Gasteiger charge is 2.15. The molecule has 8 nitrogen and oxygen atoms in total. The lowest BCUT2D eigenvalue weighted by Crippen LogP contribution is -2.28. The molecule has 5 rings (SSSR count). The second kappa shape index (κ2) is 6.73. The third-order valence-electron chi connectivity index (χ3n) is 5.72.